The second-order valence-electron chi connectivity index (χ2n) is 8.84. The van der Waals surface area contributed by atoms with Gasteiger partial charge in [-0.25, -0.2) is 0 Å². The smallest absolute Gasteiger partial charge is 0.406 e. The minimum atomic E-state index is -4.73. The summed E-state index contributed by atoms with van der Waals surface area (Å²) in [6.45, 7) is 0. The van der Waals surface area contributed by atoms with Gasteiger partial charge >= 0.3 is 6.36 Å². The predicted molar refractivity (Wildman–Crippen MR) is 138 cm³/mol. The SMILES string of the molecule is FC(F)(F)Oc1ccc(-c2cc3c(c(-c4ccccc4)c2-c2ccccc2)Cc2ccccc2-3)cc1. The molecular formula is C32H21F3O. The highest BCUT2D eigenvalue weighted by Gasteiger charge is 2.31. The van der Waals surface area contributed by atoms with Crippen LogP contribution in [0.15, 0.2) is 115 Å². The van der Waals surface area contributed by atoms with Crippen molar-refractivity contribution in [3.8, 4) is 50.3 Å². The zero-order valence-electron chi connectivity index (χ0n) is 19.2. The van der Waals surface area contributed by atoms with Crippen molar-refractivity contribution < 1.29 is 17.9 Å². The predicted octanol–water partition coefficient (Wildman–Crippen LogP) is 9.16. The maximum absolute atomic E-state index is 12.8. The van der Waals surface area contributed by atoms with Crippen LogP contribution in [0.5, 0.6) is 5.75 Å². The van der Waals surface area contributed by atoms with Crippen LogP contribution in [0.1, 0.15) is 11.1 Å². The summed E-state index contributed by atoms with van der Waals surface area (Å²) >= 11 is 0. The van der Waals surface area contributed by atoms with Gasteiger partial charge in [-0.3, -0.25) is 0 Å². The second kappa shape index (κ2) is 8.72. The number of rotatable bonds is 4. The maximum atomic E-state index is 12.8. The zero-order chi connectivity index (χ0) is 24.7. The van der Waals surface area contributed by atoms with E-state index in [2.05, 4.69) is 53.3 Å². The molecule has 6 rings (SSSR count). The third-order valence-electron chi connectivity index (χ3n) is 6.63. The van der Waals surface area contributed by atoms with Gasteiger partial charge in [-0.2, -0.15) is 0 Å². The molecule has 0 spiro atoms. The van der Waals surface area contributed by atoms with E-state index < -0.39 is 6.36 Å². The van der Waals surface area contributed by atoms with Crippen LogP contribution in [0.4, 0.5) is 13.2 Å². The van der Waals surface area contributed by atoms with Gasteiger partial charge in [0.25, 0.3) is 0 Å². The van der Waals surface area contributed by atoms with Gasteiger partial charge in [0.15, 0.2) is 0 Å². The van der Waals surface area contributed by atoms with Gasteiger partial charge in [0.2, 0.25) is 0 Å². The van der Waals surface area contributed by atoms with Crippen LogP contribution in [0.2, 0.25) is 0 Å². The van der Waals surface area contributed by atoms with Crippen LogP contribution in [-0.2, 0) is 6.42 Å². The van der Waals surface area contributed by atoms with Crippen LogP contribution in [-0.4, -0.2) is 6.36 Å². The van der Waals surface area contributed by atoms with Crippen molar-refractivity contribution >= 4 is 0 Å². The van der Waals surface area contributed by atoms with Crippen molar-refractivity contribution in [1.82, 2.24) is 0 Å². The van der Waals surface area contributed by atoms with Crippen molar-refractivity contribution in [2.24, 2.45) is 0 Å². The fourth-order valence-corrected chi connectivity index (χ4v) is 5.17. The molecular weight excluding hydrogens is 457 g/mol. The highest BCUT2D eigenvalue weighted by molar-refractivity contribution is 6.01. The van der Waals surface area contributed by atoms with Gasteiger partial charge in [-0.15, -0.1) is 13.2 Å². The molecule has 0 bridgehead atoms. The van der Waals surface area contributed by atoms with Crippen LogP contribution in [0, 0.1) is 0 Å². The molecule has 5 aromatic rings. The molecule has 0 saturated heterocycles. The van der Waals surface area contributed by atoms with Crippen LogP contribution >= 0.6 is 0 Å². The van der Waals surface area contributed by atoms with Crippen molar-refractivity contribution in [2.75, 3.05) is 0 Å². The molecule has 1 aliphatic rings. The molecule has 4 heteroatoms. The summed E-state index contributed by atoms with van der Waals surface area (Å²) in [5.41, 5.74) is 11.1. The van der Waals surface area contributed by atoms with Crippen LogP contribution < -0.4 is 4.74 Å². The summed E-state index contributed by atoms with van der Waals surface area (Å²) in [6, 6.07) is 37.2. The van der Waals surface area contributed by atoms with Crippen LogP contribution in [0.3, 0.4) is 0 Å². The topological polar surface area (TPSA) is 9.23 Å². The Morgan fingerprint density at radius 3 is 1.75 bits per heavy atom. The van der Waals surface area contributed by atoms with E-state index in [1.165, 1.54) is 28.8 Å². The van der Waals surface area contributed by atoms with Gasteiger partial charge in [0.05, 0.1) is 0 Å². The summed E-state index contributed by atoms with van der Waals surface area (Å²) in [5, 5.41) is 0. The minimum absolute atomic E-state index is 0.234. The Morgan fingerprint density at radius 2 is 1.11 bits per heavy atom. The second-order valence-corrected chi connectivity index (χ2v) is 8.84. The quantitative estimate of drug-likeness (QED) is 0.245. The third-order valence-corrected chi connectivity index (χ3v) is 6.63. The lowest BCUT2D eigenvalue weighted by Gasteiger charge is -2.21. The van der Waals surface area contributed by atoms with E-state index in [1.54, 1.807) is 12.1 Å². The number of fused-ring (bicyclic) bond motifs is 3. The zero-order valence-corrected chi connectivity index (χ0v) is 19.2. The molecule has 176 valence electrons. The molecule has 0 amide bonds. The number of alkyl halides is 3. The lowest BCUT2D eigenvalue weighted by atomic mass is 9.82. The van der Waals surface area contributed by atoms with Gasteiger partial charge in [-0.05, 0) is 80.3 Å². The minimum Gasteiger partial charge on any atom is -0.406 e. The first kappa shape index (κ1) is 22.2. The number of halogens is 3. The monoisotopic (exact) mass is 478 g/mol. The molecule has 0 aromatic heterocycles. The molecule has 0 aliphatic heterocycles. The largest absolute Gasteiger partial charge is 0.573 e. The van der Waals surface area contributed by atoms with Crippen LogP contribution in [0.25, 0.3) is 44.5 Å². The summed E-state index contributed by atoms with van der Waals surface area (Å²) in [6.07, 6.45) is -3.90. The molecule has 0 heterocycles. The molecule has 36 heavy (non-hydrogen) atoms. The average molecular weight is 479 g/mol. The van der Waals surface area contributed by atoms with E-state index in [4.69, 9.17) is 0 Å². The maximum Gasteiger partial charge on any atom is 0.573 e. The summed E-state index contributed by atoms with van der Waals surface area (Å²) in [7, 11) is 0. The standard InChI is InChI=1S/C32H21F3O/c33-32(34,35)36-25-17-15-21(16-18-25)27-20-28-26-14-8-7-13-24(26)19-29(28)31(23-11-5-2-6-12-23)30(27)22-9-3-1-4-10-22/h1-18,20H,19H2. The average Bonchev–Trinajstić information content (AvgIpc) is 3.26. The lowest BCUT2D eigenvalue weighted by molar-refractivity contribution is -0.274. The molecule has 0 N–H and O–H groups in total. The normalized spacial score (nSPS) is 12.2. The Labute approximate surface area is 207 Å². The van der Waals surface area contributed by atoms with Gasteiger partial charge in [0, 0.05) is 0 Å². The Hall–Kier alpha value is -4.31. The van der Waals surface area contributed by atoms with E-state index in [1.807, 2.05) is 42.5 Å². The molecule has 5 aromatic carbocycles. The lowest BCUT2D eigenvalue weighted by Crippen LogP contribution is -2.16. The third kappa shape index (κ3) is 4.05. The summed E-state index contributed by atoms with van der Waals surface area (Å²) in [5.74, 6) is -0.234. The summed E-state index contributed by atoms with van der Waals surface area (Å²) in [4.78, 5) is 0. The highest BCUT2D eigenvalue weighted by Crippen LogP contribution is 2.50. The number of ether oxygens (including phenoxy) is 1. The van der Waals surface area contributed by atoms with Gasteiger partial charge < -0.3 is 4.74 Å². The molecule has 0 fully saturated rings. The van der Waals surface area contributed by atoms with Crippen molar-refractivity contribution in [3.05, 3.63) is 126 Å². The molecule has 0 atom stereocenters. The molecule has 0 unspecified atom stereocenters. The van der Waals surface area contributed by atoms with Gasteiger partial charge in [0.1, 0.15) is 5.75 Å². The number of hydrogen-bond acceptors (Lipinski definition) is 1. The van der Waals surface area contributed by atoms with Gasteiger partial charge in [-0.1, -0.05) is 97.1 Å². The highest BCUT2D eigenvalue weighted by atomic mass is 19.4. The van der Waals surface area contributed by atoms with Crippen molar-refractivity contribution in [3.63, 3.8) is 0 Å². The Balaban J connectivity index is 1.65. The van der Waals surface area contributed by atoms with Crippen molar-refractivity contribution in [2.45, 2.75) is 12.8 Å². The number of benzene rings is 5. The van der Waals surface area contributed by atoms with Crippen molar-refractivity contribution in [1.29, 1.82) is 0 Å². The Kier molecular flexibility index (Phi) is 5.37. The molecule has 0 radical (unpaired) electrons. The molecule has 1 aliphatic carbocycles. The van der Waals surface area contributed by atoms with E-state index in [0.29, 0.717) is 0 Å². The Bertz CT molecular complexity index is 1540. The Morgan fingerprint density at radius 1 is 0.528 bits per heavy atom. The van der Waals surface area contributed by atoms with E-state index >= 15 is 0 Å². The first-order valence-electron chi connectivity index (χ1n) is 11.7. The van der Waals surface area contributed by atoms with E-state index in [-0.39, 0.29) is 5.75 Å². The van der Waals surface area contributed by atoms with E-state index in [0.717, 1.165) is 45.4 Å². The van der Waals surface area contributed by atoms with E-state index in [9.17, 15) is 13.2 Å². The molecule has 1 nitrogen and oxygen atoms in total. The fraction of sp³-hybridized carbons (Fsp3) is 0.0625. The first-order valence-corrected chi connectivity index (χ1v) is 11.7. The first-order chi connectivity index (χ1) is 17.5. The summed E-state index contributed by atoms with van der Waals surface area (Å²) < 4.78 is 42.4. The fourth-order valence-electron chi connectivity index (χ4n) is 5.17. The number of hydrogen-bond donors (Lipinski definition) is 0. The molecule has 0 saturated carbocycles.